The van der Waals surface area contributed by atoms with Gasteiger partial charge in [-0.1, -0.05) is 194 Å². The van der Waals surface area contributed by atoms with Crippen molar-refractivity contribution < 1.29 is 4.42 Å². The van der Waals surface area contributed by atoms with Gasteiger partial charge < -0.3 is 9.32 Å². The van der Waals surface area contributed by atoms with Crippen molar-refractivity contribution in [1.29, 1.82) is 0 Å². The van der Waals surface area contributed by atoms with E-state index < -0.39 is 5.41 Å². The van der Waals surface area contributed by atoms with Gasteiger partial charge in [0.2, 0.25) is 0 Å². The molecule has 0 aliphatic heterocycles. The summed E-state index contributed by atoms with van der Waals surface area (Å²) in [4.78, 5) is 2.43. The highest BCUT2D eigenvalue weighted by molar-refractivity contribution is 6.19. The van der Waals surface area contributed by atoms with Gasteiger partial charge >= 0.3 is 0 Å². The van der Waals surface area contributed by atoms with E-state index in [9.17, 15) is 0 Å². The van der Waals surface area contributed by atoms with Crippen molar-refractivity contribution in [2.24, 2.45) is 0 Å². The molecular formula is C63H41NO. The summed E-state index contributed by atoms with van der Waals surface area (Å²) in [5.74, 6) is 0. The van der Waals surface area contributed by atoms with Crippen molar-refractivity contribution in [1.82, 2.24) is 0 Å². The maximum atomic E-state index is 6.61. The van der Waals surface area contributed by atoms with Crippen LogP contribution in [0.2, 0.25) is 0 Å². The van der Waals surface area contributed by atoms with Crippen molar-refractivity contribution in [3.8, 4) is 33.4 Å². The molecule has 65 heavy (non-hydrogen) atoms. The molecule has 2 nitrogen and oxygen atoms in total. The Morgan fingerprint density at radius 3 is 1.74 bits per heavy atom. The Hall–Kier alpha value is -8.46. The summed E-state index contributed by atoms with van der Waals surface area (Å²) in [6, 6.07) is 90.9. The van der Waals surface area contributed by atoms with Crippen LogP contribution in [0.4, 0.5) is 17.1 Å². The highest BCUT2D eigenvalue weighted by Crippen LogP contribution is 2.57. The van der Waals surface area contributed by atoms with Gasteiger partial charge in [0.1, 0.15) is 11.2 Å². The van der Waals surface area contributed by atoms with Gasteiger partial charge in [-0.05, 0) is 126 Å². The fourth-order valence-corrected chi connectivity index (χ4v) is 10.8. The molecule has 0 N–H and O–H groups in total. The molecule has 1 aromatic heterocycles. The molecule has 0 amide bonds. The maximum absolute atomic E-state index is 6.61. The number of nitrogens with zero attached hydrogens (tertiary/aromatic N) is 1. The fraction of sp³-hybridized carbons (Fsp3) is 0.0159. The van der Waals surface area contributed by atoms with Crippen LogP contribution in [-0.2, 0) is 5.41 Å². The van der Waals surface area contributed by atoms with E-state index in [2.05, 4.69) is 254 Å². The lowest BCUT2D eigenvalue weighted by atomic mass is 9.67. The van der Waals surface area contributed by atoms with E-state index in [1.807, 2.05) is 0 Å². The number of fused-ring (bicyclic) bond motifs is 9. The van der Waals surface area contributed by atoms with Crippen LogP contribution in [0.5, 0.6) is 0 Å². The first kappa shape index (κ1) is 37.1. The average molecular weight is 828 g/mol. The first-order chi connectivity index (χ1) is 32.2. The van der Waals surface area contributed by atoms with Crippen molar-refractivity contribution >= 4 is 60.5 Å². The van der Waals surface area contributed by atoms with E-state index in [0.29, 0.717) is 0 Å². The molecule has 12 aromatic rings. The minimum Gasteiger partial charge on any atom is -0.455 e. The lowest BCUT2D eigenvalue weighted by Crippen LogP contribution is -2.28. The van der Waals surface area contributed by atoms with Gasteiger partial charge in [-0.3, -0.25) is 0 Å². The number of anilines is 3. The number of benzene rings is 11. The lowest BCUT2D eigenvalue weighted by molar-refractivity contribution is 0.673. The zero-order valence-electron chi connectivity index (χ0n) is 35.5. The van der Waals surface area contributed by atoms with Crippen LogP contribution in [0.3, 0.4) is 0 Å². The van der Waals surface area contributed by atoms with Crippen LogP contribution in [0, 0.1) is 0 Å². The van der Waals surface area contributed by atoms with Gasteiger partial charge in [0, 0.05) is 33.2 Å². The molecule has 304 valence electrons. The SMILES string of the molecule is c1ccc(C2(c3ccccc3)c3ccccc3-c3ccc(N(c4ccc(-c5cccc6oc7c8ccccc8ccc7c56)cc4)c4cccc(-c5ccc6ccccc6c5)c4)cc32)cc1. The Morgan fingerprint density at radius 1 is 0.323 bits per heavy atom. The lowest BCUT2D eigenvalue weighted by Gasteiger charge is -2.35. The average Bonchev–Trinajstić information content (AvgIpc) is 3.91. The molecule has 0 saturated carbocycles. The van der Waals surface area contributed by atoms with Gasteiger partial charge in [-0.2, -0.15) is 0 Å². The highest BCUT2D eigenvalue weighted by atomic mass is 16.3. The monoisotopic (exact) mass is 827 g/mol. The van der Waals surface area contributed by atoms with Crippen LogP contribution < -0.4 is 4.90 Å². The Bertz CT molecular complexity index is 3730. The molecule has 0 fully saturated rings. The van der Waals surface area contributed by atoms with Gasteiger partial charge in [-0.25, -0.2) is 0 Å². The number of furan rings is 1. The summed E-state index contributed by atoms with van der Waals surface area (Å²) in [5, 5.41) is 7.04. The standard InChI is InChI=1S/C63H41NO/c1-3-19-48(20-4-1)63(49-21-5-2-6-22-49)58-27-12-11-25-55(58)56-38-36-52(41-59(56)63)64(51-23-13-18-46(40-51)47-30-29-42-15-7-8-17-45(42)39-47)50-34-31-44(32-35-50)53-26-14-28-60-61(53)57-37-33-43-16-9-10-24-54(43)62(57)65-60/h1-41H. The third kappa shape index (κ3) is 5.81. The van der Waals surface area contributed by atoms with Crippen molar-refractivity contribution in [2.75, 3.05) is 4.90 Å². The predicted octanol–water partition coefficient (Wildman–Crippen LogP) is 17.1. The van der Waals surface area contributed by atoms with E-state index in [1.165, 1.54) is 55.1 Å². The van der Waals surface area contributed by atoms with E-state index >= 15 is 0 Å². The molecule has 0 spiro atoms. The van der Waals surface area contributed by atoms with Gasteiger partial charge in [0.05, 0.1) is 5.41 Å². The second-order valence-corrected chi connectivity index (χ2v) is 17.2. The minimum atomic E-state index is -0.524. The second-order valence-electron chi connectivity index (χ2n) is 17.2. The number of rotatable bonds is 7. The normalized spacial score (nSPS) is 12.7. The van der Waals surface area contributed by atoms with Crippen LogP contribution in [0.15, 0.2) is 253 Å². The second kappa shape index (κ2) is 14.8. The summed E-state index contributed by atoms with van der Waals surface area (Å²) >= 11 is 0. The largest absolute Gasteiger partial charge is 0.455 e. The van der Waals surface area contributed by atoms with Crippen LogP contribution in [0.25, 0.3) is 76.9 Å². The molecule has 1 heterocycles. The van der Waals surface area contributed by atoms with Gasteiger partial charge in [0.25, 0.3) is 0 Å². The zero-order chi connectivity index (χ0) is 42.9. The van der Waals surface area contributed by atoms with Crippen LogP contribution >= 0.6 is 0 Å². The smallest absolute Gasteiger partial charge is 0.143 e. The molecule has 1 aliphatic rings. The summed E-state index contributed by atoms with van der Waals surface area (Å²) < 4.78 is 6.61. The minimum absolute atomic E-state index is 0.524. The van der Waals surface area contributed by atoms with Gasteiger partial charge in [-0.15, -0.1) is 0 Å². The number of hydrogen-bond donors (Lipinski definition) is 0. The summed E-state index contributed by atoms with van der Waals surface area (Å²) in [7, 11) is 0. The van der Waals surface area contributed by atoms with Crippen LogP contribution in [0.1, 0.15) is 22.3 Å². The first-order valence-electron chi connectivity index (χ1n) is 22.4. The topological polar surface area (TPSA) is 16.4 Å². The number of hydrogen-bond acceptors (Lipinski definition) is 2. The molecule has 0 atom stereocenters. The predicted molar refractivity (Wildman–Crippen MR) is 272 cm³/mol. The molecule has 1 aliphatic carbocycles. The van der Waals surface area contributed by atoms with E-state index in [1.54, 1.807) is 0 Å². The van der Waals surface area contributed by atoms with Crippen LogP contribution in [-0.4, -0.2) is 0 Å². The van der Waals surface area contributed by atoms with E-state index in [0.717, 1.165) is 61.1 Å². The van der Waals surface area contributed by atoms with E-state index in [4.69, 9.17) is 4.42 Å². The Kier molecular flexibility index (Phi) is 8.47. The molecule has 0 unspecified atom stereocenters. The third-order valence-corrected chi connectivity index (χ3v) is 13.7. The van der Waals surface area contributed by atoms with Crippen molar-refractivity contribution in [3.05, 3.63) is 271 Å². The van der Waals surface area contributed by atoms with Crippen molar-refractivity contribution in [2.45, 2.75) is 5.41 Å². The van der Waals surface area contributed by atoms with E-state index in [-0.39, 0.29) is 0 Å². The zero-order valence-corrected chi connectivity index (χ0v) is 35.5. The third-order valence-electron chi connectivity index (χ3n) is 13.7. The Labute approximate surface area is 377 Å². The quantitative estimate of drug-likeness (QED) is 0.159. The molecule has 13 rings (SSSR count). The molecule has 0 saturated heterocycles. The molecule has 0 bridgehead atoms. The summed E-state index contributed by atoms with van der Waals surface area (Å²) in [5.41, 5.74) is 16.8. The maximum Gasteiger partial charge on any atom is 0.143 e. The fourth-order valence-electron chi connectivity index (χ4n) is 10.8. The van der Waals surface area contributed by atoms with Crippen molar-refractivity contribution in [3.63, 3.8) is 0 Å². The Balaban J connectivity index is 1.01. The summed E-state index contributed by atoms with van der Waals surface area (Å²) in [6.45, 7) is 0. The Morgan fingerprint density at radius 2 is 0.923 bits per heavy atom. The molecule has 0 radical (unpaired) electrons. The molecular weight excluding hydrogens is 787 g/mol. The first-order valence-corrected chi connectivity index (χ1v) is 22.4. The molecule has 2 heteroatoms. The highest BCUT2D eigenvalue weighted by Gasteiger charge is 2.46. The van der Waals surface area contributed by atoms with Gasteiger partial charge in [0.15, 0.2) is 0 Å². The summed E-state index contributed by atoms with van der Waals surface area (Å²) in [6.07, 6.45) is 0. The molecule has 11 aromatic carbocycles.